The van der Waals surface area contributed by atoms with Gasteiger partial charge in [-0.25, -0.2) is 4.98 Å². The standard InChI is InChI=1S/C20H21N3O3S/c1-13-5-4-6-17-18(13)21-20(27-17)23(10-9-22(2)3)19(24)14-7-8-15-16(11-14)26-12-25-15/h4-8,11H,9-10,12H2,1-3H3. The van der Waals surface area contributed by atoms with Crippen LogP contribution in [0, 0.1) is 6.92 Å². The smallest absolute Gasteiger partial charge is 0.260 e. The Bertz CT molecular complexity index is 999. The van der Waals surface area contributed by atoms with Gasteiger partial charge in [-0.3, -0.25) is 9.69 Å². The summed E-state index contributed by atoms with van der Waals surface area (Å²) in [5.74, 6) is 1.18. The quantitative estimate of drug-likeness (QED) is 0.675. The predicted molar refractivity (Wildman–Crippen MR) is 107 cm³/mol. The largest absolute Gasteiger partial charge is 0.454 e. The SMILES string of the molecule is Cc1cccc2sc(N(CCN(C)C)C(=O)c3ccc4c(c3)OCO4)nc12. The number of aromatic nitrogens is 1. The van der Waals surface area contributed by atoms with Crippen molar-refractivity contribution in [1.82, 2.24) is 9.88 Å². The number of ether oxygens (including phenoxy) is 2. The molecule has 7 heteroatoms. The van der Waals surface area contributed by atoms with Crippen molar-refractivity contribution >= 4 is 32.6 Å². The summed E-state index contributed by atoms with van der Waals surface area (Å²) in [7, 11) is 3.98. The zero-order valence-electron chi connectivity index (χ0n) is 15.6. The molecule has 6 nitrogen and oxygen atoms in total. The predicted octanol–water partition coefficient (Wildman–Crippen LogP) is 3.54. The van der Waals surface area contributed by atoms with E-state index in [1.807, 2.05) is 39.2 Å². The number of hydrogen-bond acceptors (Lipinski definition) is 6. The Morgan fingerprint density at radius 1 is 1.15 bits per heavy atom. The molecule has 0 saturated carbocycles. The highest BCUT2D eigenvalue weighted by molar-refractivity contribution is 7.22. The fourth-order valence-electron chi connectivity index (χ4n) is 2.96. The Morgan fingerprint density at radius 3 is 2.74 bits per heavy atom. The second-order valence-corrected chi connectivity index (χ2v) is 7.76. The van der Waals surface area contributed by atoms with Gasteiger partial charge in [-0.15, -0.1) is 0 Å². The van der Waals surface area contributed by atoms with Gasteiger partial charge in [0.05, 0.1) is 10.2 Å². The summed E-state index contributed by atoms with van der Waals surface area (Å²) in [5.41, 5.74) is 2.62. The van der Waals surface area contributed by atoms with Crippen LogP contribution in [0.2, 0.25) is 0 Å². The topological polar surface area (TPSA) is 54.9 Å². The molecule has 0 spiro atoms. The maximum atomic E-state index is 13.3. The number of nitrogens with zero attached hydrogens (tertiary/aromatic N) is 3. The first-order chi connectivity index (χ1) is 13.0. The van der Waals surface area contributed by atoms with Gasteiger partial charge in [-0.05, 0) is 50.8 Å². The number of carbonyl (C=O) groups is 1. The van der Waals surface area contributed by atoms with E-state index in [1.54, 1.807) is 23.1 Å². The van der Waals surface area contributed by atoms with Gasteiger partial charge in [0, 0.05) is 18.7 Å². The molecule has 0 radical (unpaired) electrons. The number of amides is 1. The van der Waals surface area contributed by atoms with Gasteiger partial charge in [0.25, 0.3) is 5.91 Å². The summed E-state index contributed by atoms with van der Waals surface area (Å²) in [6.07, 6.45) is 0. The van der Waals surface area contributed by atoms with E-state index in [1.165, 1.54) is 11.3 Å². The molecule has 0 aliphatic carbocycles. The number of thiazole rings is 1. The number of hydrogen-bond donors (Lipinski definition) is 0. The summed E-state index contributed by atoms with van der Waals surface area (Å²) >= 11 is 1.54. The highest BCUT2D eigenvalue weighted by atomic mass is 32.1. The van der Waals surface area contributed by atoms with Crippen LogP contribution in [-0.4, -0.2) is 49.8 Å². The van der Waals surface area contributed by atoms with Crippen molar-refractivity contribution in [2.24, 2.45) is 0 Å². The van der Waals surface area contributed by atoms with Crippen molar-refractivity contribution in [3.8, 4) is 11.5 Å². The van der Waals surface area contributed by atoms with Gasteiger partial charge >= 0.3 is 0 Å². The zero-order chi connectivity index (χ0) is 19.0. The van der Waals surface area contributed by atoms with Gasteiger partial charge in [0.15, 0.2) is 16.6 Å². The minimum Gasteiger partial charge on any atom is -0.454 e. The van der Waals surface area contributed by atoms with Crippen LogP contribution in [0.3, 0.4) is 0 Å². The van der Waals surface area contributed by atoms with Gasteiger partial charge in [0.2, 0.25) is 6.79 Å². The second kappa shape index (κ2) is 7.17. The van der Waals surface area contributed by atoms with Crippen molar-refractivity contribution < 1.29 is 14.3 Å². The molecule has 4 rings (SSSR count). The van der Waals surface area contributed by atoms with Crippen LogP contribution in [0.15, 0.2) is 36.4 Å². The number of rotatable bonds is 5. The van der Waals surface area contributed by atoms with E-state index in [2.05, 4.69) is 4.90 Å². The van der Waals surface area contributed by atoms with Gasteiger partial charge in [0.1, 0.15) is 0 Å². The Hall–Kier alpha value is -2.64. The Labute approximate surface area is 161 Å². The molecule has 1 amide bonds. The van der Waals surface area contributed by atoms with Crippen LogP contribution in [-0.2, 0) is 0 Å². The minimum atomic E-state index is -0.0909. The molecule has 0 fully saturated rings. The van der Waals surface area contributed by atoms with E-state index in [0.29, 0.717) is 28.7 Å². The fraction of sp³-hybridized carbons (Fsp3) is 0.300. The lowest BCUT2D eigenvalue weighted by Gasteiger charge is -2.22. The molecule has 1 aliphatic rings. The Morgan fingerprint density at radius 2 is 1.96 bits per heavy atom. The molecule has 3 aromatic rings. The molecule has 0 N–H and O–H groups in total. The molecule has 0 saturated heterocycles. The molecule has 0 atom stereocenters. The first-order valence-electron chi connectivity index (χ1n) is 8.75. The van der Waals surface area contributed by atoms with Gasteiger partial charge in [-0.2, -0.15) is 0 Å². The summed E-state index contributed by atoms with van der Waals surface area (Å²) < 4.78 is 11.9. The third-order valence-corrected chi connectivity index (χ3v) is 5.52. The number of anilines is 1. The Kier molecular flexibility index (Phi) is 4.72. The molecule has 0 unspecified atom stereocenters. The number of likely N-dealkylation sites (N-methyl/N-ethyl adjacent to an activating group) is 1. The number of para-hydroxylation sites is 1. The lowest BCUT2D eigenvalue weighted by Crippen LogP contribution is -2.36. The van der Waals surface area contributed by atoms with Crippen molar-refractivity contribution in [2.45, 2.75) is 6.92 Å². The molecular weight excluding hydrogens is 362 g/mol. The lowest BCUT2D eigenvalue weighted by atomic mass is 10.2. The number of aryl methyl sites for hydroxylation is 1. The molecule has 1 aromatic heterocycles. The van der Waals surface area contributed by atoms with E-state index < -0.39 is 0 Å². The van der Waals surface area contributed by atoms with Crippen molar-refractivity contribution in [2.75, 3.05) is 38.9 Å². The van der Waals surface area contributed by atoms with Crippen LogP contribution >= 0.6 is 11.3 Å². The molecule has 27 heavy (non-hydrogen) atoms. The highest BCUT2D eigenvalue weighted by Gasteiger charge is 2.24. The van der Waals surface area contributed by atoms with Gasteiger partial charge < -0.3 is 14.4 Å². The average Bonchev–Trinajstić information content (AvgIpc) is 3.28. The molecule has 140 valence electrons. The zero-order valence-corrected chi connectivity index (χ0v) is 16.4. The van der Waals surface area contributed by atoms with E-state index in [4.69, 9.17) is 14.5 Å². The van der Waals surface area contributed by atoms with Crippen LogP contribution < -0.4 is 14.4 Å². The van der Waals surface area contributed by atoms with E-state index in [0.717, 1.165) is 22.3 Å². The second-order valence-electron chi connectivity index (χ2n) is 6.75. The van der Waals surface area contributed by atoms with Crippen molar-refractivity contribution in [1.29, 1.82) is 0 Å². The third-order valence-electron chi connectivity index (χ3n) is 4.48. The fourth-order valence-corrected chi connectivity index (χ4v) is 4.03. The maximum Gasteiger partial charge on any atom is 0.260 e. The van der Waals surface area contributed by atoms with E-state index in [-0.39, 0.29) is 12.7 Å². The van der Waals surface area contributed by atoms with Crippen LogP contribution in [0.25, 0.3) is 10.2 Å². The van der Waals surface area contributed by atoms with Crippen LogP contribution in [0.1, 0.15) is 15.9 Å². The number of fused-ring (bicyclic) bond motifs is 2. The van der Waals surface area contributed by atoms with E-state index >= 15 is 0 Å². The Balaban J connectivity index is 1.71. The summed E-state index contributed by atoms with van der Waals surface area (Å²) in [4.78, 5) is 21.9. The molecular formula is C20H21N3O3S. The van der Waals surface area contributed by atoms with Crippen LogP contribution in [0.5, 0.6) is 11.5 Å². The third kappa shape index (κ3) is 3.48. The molecule has 0 bridgehead atoms. The first-order valence-corrected chi connectivity index (χ1v) is 9.57. The molecule has 1 aliphatic heterocycles. The molecule has 2 heterocycles. The van der Waals surface area contributed by atoms with E-state index in [9.17, 15) is 4.79 Å². The maximum absolute atomic E-state index is 13.3. The normalized spacial score (nSPS) is 12.7. The lowest BCUT2D eigenvalue weighted by molar-refractivity contribution is 0.0984. The number of carbonyl (C=O) groups excluding carboxylic acids is 1. The summed E-state index contributed by atoms with van der Waals surface area (Å²) in [6.45, 7) is 3.52. The summed E-state index contributed by atoms with van der Waals surface area (Å²) in [5, 5.41) is 0.712. The summed E-state index contributed by atoms with van der Waals surface area (Å²) in [6, 6.07) is 11.4. The minimum absolute atomic E-state index is 0.0909. The number of benzene rings is 2. The van der Waals surface area contributed by atoms with Crippen molar-refractivity contribution in [3.05, 3.63) is 47.5 Å². The van der Waals surface area contributed by atoms with Crippen molar-refractivity contribution in [3.63, 3.8) is 0 Å². The first kappa shape index (κ1) is 17.8. The highest BCUT2D eigenvalue weighted by Crippen LogP contribution is 2.35. The monoisotopic (exact) mass is 383 g/mol. The molecule has 2 aromatic carbocycles. The van der Waals surface area contributed by atoms with Gasteiger partial charge in [-0.1, -0.05) is 23.5 Å². The van der Waals surface area contributed by atoms with Crippen LogP contribution in [0.4, 0.5) is 5.13 Å². The average molecular weight is 383 g/mol.